The zero-order valence-electron chi connectivity index (χ0n) is 9.43. The number of aliphatic hydroxyl groups is 1. The van der Waals surface area contributed by atoms with E-state index in [1.54, 1.807) is 13.8 Å². The van der Waals surface area contributed by atoms with E-state index in [2.05, 4.69) is 31.9 Å². The molecule has 2 aliphatic rings. The van der Waals surface area contributed by atoms with E-state index >= 15 is 0 Å². The summed E-state index contributed by atoms with van der Waals surface area (Å²) in [6.07, 6.45) is -2.34. The summed E-state index contributed by atoms with van der Waals surface area (Å²) in [6.45, 7) is 3.58. The minimum atomic E-state index is -0.924. The van der Waals surface area contributed by atoms with Crippen molar-refractivity contribution in [2.45, 2.75) is 48.9 Å². The molecule has 2 aliphatic heterocycles. The Balaban J connectivity index is 2.15. The Morgan fingerprint density at radius 3 is 2.47 bits per heavy atom. The number of carbonyl (C=O) groups excluding carboxylic acids is 1. The number of halogens is 2. The Hall–Kier alpha value is 0.310. The molecule has 0 aromatic rings. The van der Waals surface area contributed by atoms with E-state index in [1.165, 1.54) is 0 Å². The van der Waals surface area contributed by atoms with Crippen molar-refractivity contribution in [3.63, 3.8) is 0 Å². The van der Waals surface area contributed by atoms with Crippen LogP contribution in [0.15, 0.2) is 0 Å². The third-order valence-electron chi connectivity index (χ3n) is 2.81. The van der Waals surface area contributed by atoms with E-state index in [-0.39, 0.29) is 6.10 Å². The monoisotopic (exact) mass is 372 g/mol. The highest BCUT2D eigenvalue weighted by Gasteiger charge is 2.54. The predicted octanol–water partition coefficient (Wildman–Crippen LogP) is 0.951. The Labute approximate surface area is 116 Å². The summed E-state index contributed by atoms with van der Waals surface area (Å²) in [5.74, 6) is -1.20. The van der Waals surface area contributed by atoms with Crippen molar-refractivity contribution >= 4 is 37.8 Å². The SMILES string of the molecule is CC1(C)O[C@@H]([C@@H]2OC(=O)[C@@H](Br)[C@@H]2O)[C@@H](CBr)O1. The maximum Gasteiger partial charge on any atom is 0.323 e. The standard InChI is InChI=1S/C10H14Br2O5/c1-10(2)16-4(3-11)7(17-10)8-6(13)5(12)9(14)15-8/h4-8,13H,3H2,1-2H3/t4-,5+,6+,7-,8-/m1/s1. The van der Waals surface area contributed by atoms with Gasteiger partial charge in [0.2, 0.25) is 0 Å². The summed E-state index contributed by atoms with van der Waals surface area (Å²) in [5.41, 5.74) is 0. The van der Waals surface area contributed by atoms with E-state index in [0.29, 0.717) is 5.33 Å². The molecule has 0 amide bonds. The second-order valence-electron chi connectivity index (χ2n) is 4.59. The molecule has 0 aromatic heterocycles. The zero-order valence-corrected chi connectivity index (χ0v) is 12.6. The van der Waals surface area contributed by atoms with Crippen LogP contribution in [-0.4, -0.2) is 51.4 Å². The largest absolute Gasteiger partial charge is 0.456 e. The number of cyclic esters (lactones) is 1. The molecule has 0 spiro atoms. The quantitative estimate of drug-likeness (QED) is 0.576. The average Bonchev–Trinajstić information content (AvgIpc) is 2.70. The van der Waals surface area contributed by atoms with Crippen LogP contribution in [0, 0.1) is 0 Å². The maximum atomic E-state index is 11.4. The van der Waals surface area contributed by atoms with Crippen molar-refractivity contribution in [1.29, 1.82) is 0 Å². The van der Waals surface area contributed by atoms with Crippen molar-refractivity contribution in [1.82, 2.24) is 0 Å². The van der Waals surface area contributed by atoms with E-state index in [1.807, 2.05) is 0 Å². The van der Waals surface area contributed by atoms with Gasteiger partial charge in [-0.1, -0.05) is 31.9 Å². The van der Waals surface area contributed by atoms with Crippen LogP contribution in [0.5, 0.6) is 0 Å². The lowest BCUT2D eigenvalue weighted by atomic mass is 10.0. The molecule has 0 radical (unpaired) electrons. The summed E-state index contributed by atoms with van der Waals surface area (Å²) in [7, 11) is 0. The molecule has 2 saturated heterocycles. The number of hydrogen-bond donors (Lipinski definition) is 1. The van der Waals surface area contributed by atoms with Crippen LogP contribution in [0.4, 0.5) is 0 Å². The smallest absolute Gasteiger partial charge is 0.323 e. The van der Waals surface area contributed by atoms with Crippen LogP contribution in [0.3, 0.4) is 0 Å². The molecule has 7 heteroatoms. The molecule has 0 saturated carbocycles. The summed E-state index contributed by atoms with van der Waals surface area (Å²) in [4.78, 5) is 10.7. The molecular formula is C10H14Br2O5. The number of aliphatic hydroxyl groups excluding tert-OH is 1. The van der Waals surface area contributed by atoms with Gasteiger partial charge in [-0.2, -0.15) is 0 Å². The fraction of sp³-hybridized carbons (Fsp3) is 0.900. The Morgan fingerprint density at radius 2 is 2.00 bits per heavy atom. The number of ether oxygens (including phenoxy) is 3. The highest BCUT2D eigenvalue weighted by Crippen LogP contribution is 2.36. The predicted molar refractivity (Wildman–Crippen MR) is 66.2 cm³/mol. The van der Waals surface area contributed by atoms with E-state index in [4.69, 9.17) is 14.2 Å². The van der Waals surface area contributed by atoms with Crippen LogP contribution in [0.25, 0.3) is 0 Å². The van der Waals surface area contributed by atoms with Gasteiger partial charge in [0.15, 0.2) is 11.9 Å². The molecular weight excluding hydrogens is 360 g/mol. The number of rotatable bonds is 2. The fourth-order valence-corrected chi connectivity index (χ4v) is 3.01. The summed E-state index contributed by atoms with van der Waals surface area (Å²) in [6, 6.07) is 0. The molecule has 0 aromatic carbocycles. The first-order valence-corrected chi connectivity index (χ1v) is 7.33. The summed E-state index contributed by atoms with van der Waals surface area (Å²) >= 11 is 6.42. The molecule has 2 fully saturated rings. The molecule has 5 atom stereocenters. The molecule has 2 heterocycles. The van der Waals surface area contributed by atoms with Gasteiger partial charge in [-0.05, 0) is 13.8 Å². The van der Waals surface area contributed by atoms with E-state index in [0.717, 1.165) is 0 Å². The van der Waals surface area contributed by atoms with Gasteiger partial charge in [0.1, 0.15) is 23.1 Å². The van der Waals surface area contributed by atoms with Crippen LogP contribution < -0.4 is 0 Å². The van der Waals surface area contributed by atoms with Crippen LogP contribution in [-0.2, 0) is 19.0 Å². The molecule has 2 rings (SSSR count). The van der Waals surface area contributed by atoms with Crippen molar-refractivity contribution in [3.8, 4) is 0 Å². The van der Waals surface area contributed by atoms with Crippen molar-refractivity contribution in [2.24, 2.45) is 0 Å². The van der Waals surface area contributed by atoms with Gasteiger partial charge in [-0.15, -0.1) is 0 Å². The molecule has 0 aliphatic carbocycles. The topological polar surface area (TPSA) is 65.0 Å². The molecule has 17 heavy (non-hydrogen) atoms. The number of esters is 1. The first-order chi connectivity index (χ1) is 7.85. The Bertz CT molecular complexity index is 322. The third kappa shape index (κ3) is 2.53. The number of hydrogen-bond acceptors (Lipinski definition) is 5. The summed E-state index contributed by atoms with van der Waals surface area (Å²) < 4.78 is 16.5. The van der Waals surface area contributed by atoms with Gasteiger partial charge < -0.3 is 19.3 Å². The van der Waals surface area contributed by atoms with Crippen LogP contribution in [0.1, 0.15) is 13.8 Å². The van der Waals surface area contributed by atoms with Crippen LogP contribution in [0.2, 0.25) is 0 Å². The average molecular weight is 374 g/mol. The van der Waals surface area contributed by atoms with Crippen molar-refractivity contribution < 1.29 is 24.1 Å². The van der Waals surface area contributed by atoms with Crippen molar-refractivity contribution in [3.05, 3.63) is 0 Å². The molecule has 5 nitrogen and oxygen atoms in total. The van der Waals surface area contributed by atoms with E-state index < -0.39 is 34.9 Å². The highest BCUT2D eigenvalue weighted by atomic mass is 79.9. The first kappa shape index (κ1) is 13.7. The lowest BCUT2D eigenvalue weighted by Gasteiger charge is -2.23. The van der Waals surface area contributed by atoms with Crippen molar-refractivity contribution in [2.75, 3.05) is 5.33 Å². The highest BCUT2D eigenvalue weighted by molar-refractivity contribution is 9.10. The lowest BCUT2D eigenvalue weighted by molar-refractivity contribution is -0.167. The Morgan fingerprint density at radius 1 is 1.35 bits per heavy atom. The lowest BCUT2D eigenvalue weighted by Crippen LogP contribution is -2.43. The second-order valence-corrected chi connectivity index (χ2v) is 6.22. The zero-order chi connectivity index (χ0) is 12.8. The van der Waals surface area contributed by atoms with Gasteiger partial charge >= 0.3 is 5.97 Å². The number of carbonyl (C=O) groups is 1. The summed E-state index contributed by atoms with van der Waals surface area (Å²) in [5, 5.41) is 10.5. The third-order valence-corrected chi connectivity index (χ3v) is 4.36. The van der Waals surface area contributed by atoms with Crippen LogP contribution >= 0.6 is 31.9 Å². The number of alkyl halides is 2. The minimum absolute atomic E-state index is 0.254. The first-order valence-electron chi connectivity index (χ1n) is 5.30. The van der Waals surface area contributed by atoms with Gasteiger partial charge in [-0.3, -0.25) is 4.79 Å². The Kier molecular flexibility index (Phi) is 3.85. The molecule has 1 N–H and O–H groups in total. The fourth-order valence-electron chi connectivity index (χ4n) is 2.10. The minimum Gasteiger partial charge on any atom is -0.456 e. The normalized spacial score (nSPS) is 45.0. The van der Waals surface area contributed by atoms with E-state index in [9.17, 15) is 9.90 Å². The van der Waals surface area contributed by atoms with Gasteiger partial charge in [0.25, 0.3) is 0 Å². The van der Waals surface area contributed by atoms with Gasteiger partial charge in [0.05, 0.1) is 0 Å². The van der Waals surface area contributed by atoms with Gasteiger partial charge in [0, 0.05) is 5.33 Å². The molecule has 0 bridgehead atoms. The van der Waals surface area contributed by atoms with Gasteiger partial charge in [-0.25, -0.2) is 0 Å². The molecule has 0 unspecified atom stereocenters. The second kappa shape index (κ2) is 4.77. The maximum absolute atomic E-state index is 11.4. The molecule has 98 valence electrons.